The summed E-state index contributed by atoms with van der Waals surface area (Å²) in [6, 6.07) is 8.68. The SMILES string of the molecule is CCN1CCC2(CC1)Nc1ccccc1S2. The van der Waals surface area contributed by atoms with E-state index in [1.54, 1.807) is 0 Å². The molecule has 0 atom stereocenters. The largest absolute Gasteiger partial charge is 0.369 e. The maximum atomic E-state index is 3.73. The first-order chi connectivity index (χ1) is 7.81. The Hall–Kier alpha value is -0.670. The van der Waals surface area contributed by atoms with Gasteiger partial charge in [-0.2, -0.15) is 0 Å². The van der Waals surface area contributed by atoms with Gasteiger partial charge in [0.25, 0.3) is 0 Å². The van der Waals surface area contributed by atoms with Crippen molar-refractivity contribution in [2.75, 3.05) is 25.0 Å². The van der Waals surface area contributed by atoms with E-state index in [2.05, 4.69) is 41.4 Å². The molecule has 2 nitrogen and oxygen atoms in total. The number of hydrogen-bond acceptors (Lipinski definition) is 3. The Kier molecular flexibility index (Phi) is 2.60. The molecule has 3 rings (SSSR count). The Morgan fingerprint density at radius 3 is 2.75 bits per heavy atom. The second-order valence-electron chi connectivity index (χ2n) is 4.65. The van der Waals surface area contributed by atoms with Crippen molar-refractivity contribution in [1.29, 1.82) is 0 Å². The molecule has 1 N–H and O–H groups in total. The number of hydrogen-bond donors (Lipinski definition) is 1. The summed E-state index contributed by atoms with van der Waals surface area (Å²) in [4.78, 5) is 4.25. The lowest BCUT2D eigenvalue weighted by Gasteiger charge is -2.38. The molecule has 1 spiro atoms. The van der Waals surface area contributed by atoms with Gasteiger partial charge in [-0.25, -0.2) is 0 Å². The van der Waals surface area contributed by atoms with Crippen LogP contribution in [0.4, 0.5) is 5.69 Å². The van der Waals surface area contributed by atoms with E-state index in [1.165, 1.54) is 43.1 Å². The Bertz CT molecular complexity index is 356. The molecule has 2 aliphatic heterocycles. The maximum Gasteiger partial charge on any atom is 0.0905 e. The molecule has 0 saturated carbocycles. The van der Waals surface area contributed by atoms with Gasteiger partial charge in [0.15, 0.2) is 0 Å². The van der Waals surface area contributed by atoms with Crippen LogP contribution in [0, 0.1) is 0 Å². The zero-order valence-corrected chi connectivity index (χ0v) is 10.5. The van der Waals surface area contributed by atoms with E-state index < -0.39 is 0 Å². The first-order valence-electron chi connectivity index (χ1n) is 6.10. The second kappa shape index (κ2) is 3.97. The zero-order valence-electron chi connectivity index (χ0n) is 9.70. The summed E-state index contributed by atoms with van der Waals surface area (Å²) in [5, 5.41) is 3.73. The standard InChI is InChI=1S/C13H18N2S/c1-2-15-9-7-13(8-10-15)14-11-5-3-4-6-12(11)16-13/h3-6,14H,2,7-10H2,1H3. The first kappa shape index (κ1) is 10.5. The highest BCUT2D eigenvalue weighted by atomic mass is 32.2. The number of nitrogens with zero attached hydrogens (tertiary/aromatic N) is 1. The van der Waals surface area contributed by atoms with Crippen LogP contribution in [0.25, 0.3) is 0 Å². The highest BCUT2D eigenvalue weighted by molar-refractivity contribution is 8.01. The van der Waals surface area contributed by atoms with Crippen LogP contribution in [-0.4, -0.2) is 29.4 Å². The number of rotatable bonds is 1. The summed E-state index contributed by atoms with van der Waals surface area (Å²) in [5.74, 6) is 0. The van der Waals surface area contributed by atoms with Crippen LogP contribution in [0.5, 0.6) is 0 Å². The fourth-order valence-electron chi connectivity index (χ4n) is 2.60. The number of anilines is 1. The van der Waals surface area contributed by atoms with Gasteiger partial charge in [-0.3, -0.25) is 0 Å². The van der Waals surface area contributed by atoms with E-state index in [4.69, 9.17) is 0 Å². The lowest BCUT2D eigenvalue weighted by molar-refractivity contribution is 0.220. The van der Waals surface area contributed by atoms with Gasteiger partial charge in [-0.1, -0.05) is 30.8 Å². The number of fused-ring (bicyclic) bond motifs is 1. The van der Waals surface area contributed by atoms with E-state index >= 15 is 0 Å². The second-order valence-corrected chi connectivity index (χ2v) is 6.08. The summed E-state index contributed by atoms with van der Waals surface area (Å²) in [5.41, 5.74) is 1.33. The van der Waals surface area contributed by atoms with Crippen molar-refractivity contribution in [3.8, 4) is 0 Å². The normalized spacial score (nSPS) is 23.1. The lowest BCUT2D eigenvalue weighted by Crippen LogP contribution is -2.45. The van der Waals surface area contributed by atoms with E-state index in [1.807, 2.05) is 11.8 Å². The predicted molar refractivity (Wildman–Crippen MR) is 70.0 cm³/mol. The number of benzene rings is 1. The van der Waals surface area contributed by atoms with Gasteiger partial charge in [0.05, 0.1) is 4.87 Å². The van der Waals surface area contributed by atoms with Crippen LogP contribution in [-0.2, 0) is 0 Å². The molecule has 16 heavy (non-hydrogen) atoms. The smallest absolute Gasteiger partial charge is 0.0905 e. The summed E-state index contributed by atoms with van der Waals surface area (Å²) in [6.45, 7) is 5.89. The van der Waals surface area contributed by atoms with Gasteiger partial charge in [0.2, 0.25) is 0 Å². The summed E-state index contributed by atoms with van der Waals surface area (Å²) in [7, 11) is 0. The Balaban J connectivity index is 1.75. The lowest BCUT2D eigenvalue weighted by atomic mass is 10.0. The molecular formula is C13H18N2S. The van der Waals surface area contributed by atoms with Crippen LogP contribution < -0.4 is 5.32 Å². The topological polar surface area (TPSA) is 15.3 Å². The van der Waals surface area contributed by atoms with Gasteiger partial charge >= 0.3 is 0 Å². The third-order valence-electron chi connectivity index (χ3n) is 3.67. The molecule has 3 heteroatoms. The highest BCUT2D eigenvalue weighted by Gasteiger charge is 2.39. The molecule has 1 aromatic carbocycles. The van der Waals surface area contributed by atoms with Crippen molar-refractivity contribution in [3.05, 3.63) is 24.3 Å². The summed E-state index contributed by atoms with van der Waals surface area (Å²) >= 11 is 2.03. The highest BCUT2D eigenvalue weighted by Crippen LogP contribution is 2.49. The molecule has 2 heterocycles. The fraction of sp³-hybridized carbons (Fsp3) is 0.538. The molecule has 2 aliphatic rings. The third-order valence-corrected chi connectivity index (χ3v) is 5.14. The van der Waals surface area contributed by atoms with Gasteiger partial charge in [0, 0.05) is 23.7 Å². The van der Waals surface area contributed by atoms with Crippen LogP contribution in [0.1, 0.15) is 19.8 Å². The number of piperidine rings is 1. The van der Waals surface area contributed by atoms with Crippen molar-refractivity contribution in [3.63, 3.8) is 0 Å². The van der Waals surface area contributed by atoms with Gasteiger partial charge in [-0.05, 0) is 31.5 Å². The van der Waals surface area contributed by atoms with Crippen molar-refractivity contribution in [2.24, 2.45) is 0 Å². The minimum absolute atomic E-state index is 0.287. The monoisotopic (exact) mass is 234 g/mol. The third kappa shape index (κ3) is 1.72. The van der Waals surface area contributed by atoms with E-state index in [9.17, 15) is 0 Å². The molecule has 1 fully saturated rings. The Morgan fingerprint density at radius 2 is 2.06 bits per heavy atom. The first-order valence-corrected chi connectivity index (χ1v) is 6.91. The maximum absolute atomic E-state index is 3.73. The average Bonchev–Trinajstić information content (AvgIpc) is 2.68. The van der Waals surface area contributed by atoms with Crippen molar-refractivity contribution < 1.29 is 0 Å². The zero-order chi connectivity index (χ0) is 11.0. The van der Waals surface area contributed by atoms with Crippen LogP contribution >= 0.6 is 11.8 Å². The van der Waals surface area contributed by atoms with Gasteiger partial charge < -0.3 is 10.2 Å². The molecule has 1 saturated heterocycles. The van der Waals surface area contributed by atoms with Gasteiger partial charge in [-0.15, -0.1) is 0 Å². The summed E-state index contributed by atoms with van der Waals surface area (Å²) in [6.07, 6.45) is 2.50. The molecule has 0 aromatic heterocycles. The number of nitrogens with one attached hydrogen (secondary N) is 1. The van der Waals surface area contributed by atoms with Crippen molar-refractivity contribution in [1.82, 2.24) is 4.90 Å². The number of thioether (sulfide) groups is 1. The van der Waals surface area contributed by atoms with Crippen LogP contribution in [0.15, 0.2) is 29.2 Å². The van der Waals surface area contributed by atoms with E-state index in [-0.39, 0.29) is 4.87 Å². The van der Waals surface area contributed by atoms with Crippen molar-refractivity contribution in [2.45, 2.75) is 29.5 Å². The average molecular weight is 234 g/mol. The molecule has 1 aromatic rings. The quantitative estimate of drug-likeness (QED) is 0.804. The van der Waals surface area contributed by atoms with E-state index in [0.717, 1.165) is 0 Å². The molecule has 0 bridgehead atoms. The van der Waals surface area contributed by atoms with Gasteiger partial charge in [0.1, 0.15) is 0 Å². The van der Waals surface area contributed by atoms with Crippen LogP contribution in [0.2, 0.25) is 0 Å². The predicted octanol–water partition coefficient (Wildman–Crippen LogP) is 3.02. The Labute approximate surface area is 101 Å². The molecule has 86 valence electrons. The molecular weight excluding hydrogens is 216 g/mol. The summed E-state index contributed by atoms with van der Waals surface area (Å²) < 4.78 is 0. The minimum atomic E-state index is 0.287. The number of likely N-dealkylation sites (tertiary alicyclic amines) is 1. The molecule has 0 unspecified atom stereocenters. The molecule has 0 radical (unpaired) electrons. The Morgan fingerprint density at radius 1 is 1.31 bits per heavy atom. The molecule has 0 amide bonds. The van der Waals surface area contributed by atoms with Crippen molar-refractivity contribution >= 4 is 17.4 Å². The number of para-hydroxylation sites is 1. The fourth-order valence-corrected chi connectivity index (χ4v) is 3.94. The minimum Gasteiger partial charge on any atom is -0.369 e. The molecule has 0 aliphatic carbocycles. The van der Waals surface area contributed by atoms with E-state index in [0.29, 0.717) is 0 Å². The van der Waals surface area contributed by atoms with Crippen LogP contribution in [0.3, 0.4) is 0 Å².